The Kier molecular flexibility index (Phi) is 5.79. The molecule has 3 atom stereocenters. The molecule has 0 saturated heterocycles. The van der Waals surface area contributed by atoms with Crippen LogP contribution in [-0.2, 0) is 23.0 Å². The van der Waals surface area contributed by atoms with Crippen LogP contribution in [0.4, 0.5) is 0 Å². The van der Waals surface area contributed by atoms with Gasteiger partial charge in [-0.1, -0.05) is 39.0 Å². The minimum absolute atomic E-state index is 0.00428. The van der Waals surface area contributed by atoms with Crippen molar-refractivity contribution in [1.29, 1.82) is 0 Å². The number of aryl methyl sites for hydroxylation is 1. The van der Waals surface area contributed by atoms with Gasteiger partial charge in [0.15, 0.2) is 12.5 Å². The van der Waals surface area contributed by atoms with E-state index in [1.54, 1.807) is 0 Å². The SMILES string of the molecule is CC1N(COC(=O)C(N)C(C)(C)C)C=CN1CC1CCc2c(c3ccccc3n2C)C1=O. The highest BCUT2D eigenvalue weighted by Gasteiger charge is 2.35. The molecule has 2 N–H and O–H groups in total. The number of ketones is 1. The zero-order chi connectivity index (χ0) is 23.2. The van der Waals surface area contributed by atoms with Gasteiger partial charge in [0.1, 0.15) is 12.2 Å². The van der Waals surface area contributed by atoms with Crippen molar-refractivity contribution in [3.8, 4) is 0 Å². The minimum Gasteiger partial charge on any atom is -0.443 e. The third-order valence-corrected chi connectivity index (χ3v) is 6.96. The average Bonchev–Trinajstić information content (AvgIpc) is 3.25. The average molecular weight is 439 g/mol. The van der Waals surface area contributed by atoms with Gasteiger partial charge in [0.2, 0.25) is 0 Å². The van der Waals surface area contributed by atoms with Gasteiger partial charge >= 0.3 is 5.97 Å². The number of ether oxygens (including phenoxy) is 1. The van der Waals surface area contributed by atoms with E-state index in [1.165, 1.54) is 0 Å². The van der Waals surface area contributed by atoms with E-state index in [0.717, 1.165) is 35.0 Å². The maximum atomic E-state index is 13.4. The van der Waals surface area contributed by atoms with Crippen LogP contribution in [-0.4, -0.2) is 51.6 Å². The molecule has 1 aromatic carbocycles. The summed E-state index contributed by atoms with van der Waals surface area (Å²) in [6.07, 6.45) is 5.62. The van der Waals surface area contributed by atoms with Crippen molar-refractivity contribution in [2.75, 3.05) is 13.3 Å². The Labute approximate surface area is 189 Å². The smallest absolute Gasteiger partial charge is 0.325 e. The number of nitrogens with zero attached hydrogens (tertiary/aromatic N) is 3. The van der Waals surface area contributed by atoms with Gasteiger partial charge in [-0.25, -0.2) is 0 Å². The van der Waals surface area contributed by atoms with Crippen molar-refractivity contribution in [3.63, 3.8) is 0 Å². The maximum Gasteiger partial charge on any atom is 0.325 e. The molecule has 0 radical (unpaired) electrons. The van der Waals surface area contributed by atoms with Crippen LogP contribution < -0.4 is 5.73 Å². The highest BCUT2D eigenvalue weighted by atomic mass is 16.5. The van der Waals surface area contributed by atoms with Crippen LogP contribution in [0.5, 0.6) is 0 Å². The second-order valence-corrected chi connectivity index (χ2v) is 10.1. The molecule has 1 aliphatic carbocycles. The molecule has 1 aliphatic heterocycles. The summed E-state index contributed by atoms with van der Waals surface area (Å²) in [5, 5.41) is 1.05. The van der Waals surface area contributed by atoms with Crippen LogP contribution in [0, 0.1) is 11.3 Å². The lowest BCUT2D eigenvalue weighted by Gasteiger charge is -2.33. The van der Waals surface area contributed by atoms with Gasteiger partial charge in [0, 0.05) is 54.1 Å². The Bertz CT molecular complexity index is 1070. The van der Waals surface area contributed by atoms with Crippen molar-refractivity contribution in [3.05, 3.63) is 47.9 Å². The molecule has 0 fully saturated rings. The first-order valence-corrected chi connectivity index (χ1v) is 11.3. The molecule has 0 spiro atoms. The number of esters is 1. The topological polar surface area (TPSA) is 80.8 Å². The summed E-state index contributed by atoms with van der Waals surface area (Å²) in [5.41, 5.74) is 8.79. The number of Topliss-reactive ketones (excluding diaryl/α,β-unsaturated/α-hetero) is 1. The molecule has 172 valence electrons. The Morgan fingerprint density at radius 2 is 1.91 bits per heavy atom. The van der Waals surface area contributed by atoms with Crippen molar-refractivity contribution >= 4 is 22.7 Å². The number of carbonyl (C=O) groups excluding carboxylic acids is 2. The van der Waals surface area contributed by atoms with Gasteiger partial charge < -0.3 is 24.8 Å². The lowest BCUT2D eigenvalue weighted by molar-refractivity contribution is -0.152. The van der Waals surface area contributed by atoms with E-state index in [1.807, 2.05) is 70.2 Å². The largest absolute Gasteiger partial charge is 0.443 e. The number of benzene rings is 1. The van der Waals surface area contributed by atoms with E-state index < -0.39 is 12.0 Å². The van der Waals surface area contributed by atoms with Crippen LogP contribution in [0.3, 0.4) is 0 Å². The minimum atomic E-state index is -0.671. The predicted octanol–water partition coefficient (Wildman–Crippen LogP) is 3.23. The number of carbonyl (C=O) groups is 2. The number of para-hydroxylation sites is 1. The Morgan fingerprint density at radius 1 is 1.22 bits per heavy atom. The summed E-state index contributed by atoms with van der Waals surface area (Å²) in [7, 11) is 2.05. The molecule has 2 aromatic rings. The molecule has 3 unspecified atom stereocenters. The van der Waals surface area contributed by atoms with Crippen molar-refractivity contribution in [2.45, 2.75) is 52.7 Å². The zero-order valence-electron chi connectivity index (χ0n) is 19.7. The molecule has 0 bridgehead atoms. The second-order valence-electron chi connectivity index (χ2n) is 10.1. The van der Waals surface area contributed by atoms with E-state index >= 15 is 0 Å². The van der Waals surface area contributed by atoms with Crippen LogP contribution in [0.25, 0.3) is 10.9 Å². The summed E-state index contributed by atoms with van der Waals surface area (Å²) in [5.74, 6) is -0.232. The summed E-state index contributed by atoms with van der Waals surface area (Å²) in [4.78, 5) is 29.8. The number of aromatic nitrogens is 1. The van der Waals surface area contributed by atoms with Gasteiger partial charge in [0.05, 0.1) is 0 Å². The number of rotatable bonds is 5. The maximum absolute atomic E-state index is 13.4. The van der Waals surface area contributed by atoms with Crippen LogP contribution in [0.15, 0.2) is 36.7 Å². The fourth-order valence-electron chi connectivity index (χ4n) is 4.65. The van der Waals surface area contributed by atoms with E-state index in [2.05, 4.69) is 15.5 Å². The van der Waals surface area contributed by atoms with Crippen LogP contribution >= 0.6 is 0 Å². The molecular weight excluding hydrogens is 404 g/mol. The molecule has 7 nitrogen and oxygen atoms in total. The monoisotopic (exact) mass is 438 g/mol. The summed E-state index contributed by atoms with van der Waals surface area (Å²) < 4.78 is 7.62. The fourth-order valence-corrected chi connectivity index (χ4v) is 4.65. The quantitative estimate of drug-likeness (QED) is 0.722. The molecule has 4 rings (SSSR count). The molecule has 32 heavy (non-hydrogen) atoms. The second kappa shape index (κ2) is 8.28. The summed E-state index contributed by atoms with van der Waals surface area (Å²) in [6, 6.07) is 7.46. The Balaban J connectivity index is 1.40. The number of nitrogens with two attached hydrogens (primary N) is 1. The van der Waals surface area contributed by atoms with Crippen LogP contribution in [0.2, 0.25) is 0 Å². The van der Waals surface area contributed by atoms with Gasteiger partial charge in [-0.15, -0.1) is 0 Å². The van der Waals surface area contributed by atoms with Gasteiger partial charge in [0.25, 0.3) is 0 Å². The summed E-state index contributed by atoms with van der Waals surface area (Å²) >= 11 is 0. The van der Waals surface area contributed by atoms with E-state index in [4.69, 9.17) is 10.5 Å². The normalized spacial score (nSPS) is 21.9. The van der Waals surface area contributed by atoms with Gasteiger partial charge in [-0.2, -0.15) is 0 Å². The van der Waals surface area contributed by atoms with E-state index in [0.29, 0.717) is 6.54 Å². The highest BCUT2D eigenvalue weighted by molar-refractivity contribution is 6.11. The lowest BCUT2D eigenvalue weighted by atomic mass is 9.84. The standard InChI is InChI=1S/C25H34N4O3/c1-16-28(12-13-29(16)15-32-24(31)23(26)25(2,3)4)14-17-10-11-20-21(22(17)30)18-8-6-7-9-19(18)27(20)5/h6-9,12-13,16-17,23H,10-11,14-15,26H2,1-5H3. The first-order valence-electron chi connectivity index (χ1n) is 11.3. The number of hydrogen-bond acceptors (Lipinski definition) is 6. The Hall–Kier alpha value is -2.80. The highest BCUT2D eigenvalue weighted by Crippen LogP contribution is 2.34. The van der Waals surface area contributed by atoms with Gasteiger partial charge in [-0.05, 0) is 31.2 Å². The summed E-state index contributed by atoms with van der Waals surface area (Å²) in [6.45, 7) is 8.59. The number of fused-ring (bicyclic) bond motifs is 3. The Morgan fingerprint density at radius 3 is 2.62 bits per heavy atom. The third kappa shape index (κ3) is 3.90. The first kappa shape index (κ1) is 22.4. The lowest BCUT2D eigenvalue weighted by Crippen LogP contribution is -2.46. The third-order valence-electron chi connectivity index (χ3n) is 6.96. The molecule has 2 aliphatic rings. The molecule has 0 amide bonds. The number of hydrogen-bond donors (Lipinski definition) is 1. The van der Waals surface area contributed by atoms with Crippen molar-refractivity contribution in [2.24, 2.45) is 24.1 Å². The molecule has 2 heterocycles. The van der Waals surface area contributed by atoms with Gasteiger partial charge in [-0.3, -0.25) is 9.59 Å². The predicted molar refractivity (Wildman–Crippen MR) is 125 cm³/mol. The fraction of sp³-hybridized carbons (Fsp3) is 0.520. The zero-order valence-corrected chi connectivity index (χ0v) is 19.7. The van der Waals surface area contributed by atoms with Crippen LogP contribution in [0.1, 0.15) is 50.2 Å². The van der Waals surface area contributed by atoms with Crippen molar-refractivity contribution < 1.29 is 14.3 Å². The molecule has 1 aromatic heterocycles. The molecular formula is C25H34N4O3. The van der Waals surface area contributed by atoms with Crippen molar-refractivity contribution in [1.82, 2.24) is 14.4 Å². The molecule has 0 saturated carbocycles. The van der Waals surface area contributed by atoms with E-state index in [9.17, 15) is 9.59 Å². The first-order chi connectivity index (χ1) is 15.1. The van der Waals surface area contributed by atoms with E-state index in [-0.39, 0.29) is 30.0 Å². The molecule has 7 heteroatoms.